The molecule has 5 rings (SSSR count). The number of benzene rings is 3. The molecule has 0 atom stereocenters. The highest BCUT2D eigenvalue weighted by Gasteiger charge is 2.21. The van der Waals surface area contributed by atoms with E-state index in [1.54, 1.807) is 0 Å². The first-order valence-corrected chi connectivity index (χ1v) is 12.9. The van der Waals surface area contributed by atoms with Crippen molar-refractivity contribution in [2.45, 2.75) is 32.4 Å². The third-order valence-corrected chi connectivity index (χ3v) is 7.04. The van der Waals surface area contributed by atoms with Crippen molar-refractivity contribution >= 4 is 23.2 Å². The van der Waals surface area contributed by atoms with Crippen molar-refractivity contribution < 1.29 is 9.59 Å². The van der Waals surface area contributed by atoms with Gasteiger partial charge in [-0.15, -0.1) is 0 Å². The number of amides is 2. The van der Waals surface area contributed by atoms with Gasteiger partial charge in [-0.2, -0.15) is 0 Å². The van der Waals surface area contributed by atoms with Crippen molar-refractivity contribution in [3.8, 4) is 0 Å². The van der Waals surface area contributed by atoms with Gasteiger partial charge in [0.1, 0.15) is 0 Å². The molecule has 6 nitrogen and oxygen atoms in total. The molecule has 3 aromatic rings. The first kappa shape index (κ1) is 24.2. The zero-order chi connectivity index (χ0) is 24.7. The molecule has 0 aliphatic carbocycles. The van der Waals surface area contributed by atoms with Gasteiger partial charge < -0.3 is 10.2 Å². The number of carbonyl (C=O) groups excluding carboxylic acids is 2. The Morgan fingerprint density at radius 3 is 1.86 bits per heavy atom. The molecule has 2 fully saturated rings. The fourth-order valence-electron chi connectivity index (χ4n) is 5.00. The van der Waals surface area contributed by atoms with Crippen LogP contribution in [0.25, 0.3) is 0 Å². The molecule has 3 aromatic carbocycles. The summed E-state index contributed by atoms with van der Waals surface area (Å²) in [4.78, 5) is 31.3. The Bertz CT molecular complexity index is 1150. The molecule has 0 saturated carbocycles. The maximum atomic E-state index is 12.6. The van der Waals surface area contributed by atoms with Crippen molar-refractivity contribution in [2.75, 3.05) is 42.9 Å². The van der Waals surface area contributed by atoms with Gasteiger partial charge in [-0.05, 0) is 47.4 Å². The molecule has 2 aliphatic rings. The number of hydrogen-bond acceptors (Lipinski definition) is 4. The predicted molar refractivity (Wildman–Crippen MR) is 144 cm³/mol. The minimum absolute atomic E-state index is 0.0395. The van der Waals surface area contributed by atoms with Gasteiger partial charge in [0.05, 0.1) is 6.42 Å². The maximum absolute atomic E-state index is 12.6. The Morgan fingerprint density at radius 1 is 0.694 bits per heavy atom. The summed E-state index contributed by atoms with van der Waals surface area (Å²) in [6.07, 6.45) is 1.84. The lowest BCUT2D eigenvalue weighted by molar-refractivity contribution is -0.117. The molecule has 36 heavy (non-hydrogen) atoms. The molecular formula is C30H34N4O2. The average Bonchev–Trinajstić information content (AvgIpc) is 3.33. The van der Waals surface area contributed by atoms with Gasteiger partial charge in [0, 0.05) is 63.6 Å². The third kappa shape index (κ3) is 6.39. The zero-order valence-electron chi connectivity index (χ0n) is 20.7. The normalized spacial score (nSPS) is 16.9. The Morgan fingerprint density at radius 2 is 1.28 bits per heavy atom. The van der Waals surface area contributed by atoms with E-state index in [-0.39, 0.29) is 11.8 Å². The fraction of sp³-hybridized carbons (Fsp3) is 0.333. The molecule has 6 heteroatoms. The molecule has 0 spiro atoms. The van der Waals surface area contributed by atoms with E-state index in [2.05, 4.69) is 57.6 Å². The second-order valence-corrected chi connectivity index (χ2v) is 9.78. The van der Waals surface area contributed by atoms with Crippen LogP contribution in [0.15, 0.2) is 78.9 Å². The second-order valence-electron chi connectivity index (χ2n) is 9.78. The summed E-state index contributed by atoms with van der Waals surface area (Å²) in [5.74, 6) is 0.136. The van der Waals surface area contributed by atoms with Crippen LogP contribution < -0.4 is 10.2 Å². The Labute approximate surface area is 213 Å². The lowest BCUT2D eigenvalue weighted by Crippen LogP contribution is -2.45. The molecule has 0 bridgehead atoms. The predicted octanol–water partition coefficient (Wildman–Crippen LogP) is 4.31. The van der Waals surface area contributed by atoms with E-state index in [0.717, 1.165) is 69.2 Å². The van der Waals surface area contributed by atoms with Crippen molar-refractivity contribution in [3.05, 3.63) is 95.6 Å². The van der Waals surface area contributed by atoms with Crippen LogP contribution in [0, 0.1) is 0 Å². The van der Waals surface area contributed by atoms with Gasteiger partial charge in [-0.1, -0.05) is 54.6 Å². The lowest BCUT2D eigenvalue weighted by Gasteiger charge is -2.34. The van der Waals surface area contributed by atoms with Crippen LogP contribution in [0.4, 0.5) is 11.4 Å². The Balaban J connectivity index is 1.06. The summed E-state index contributed by atoms with van der Waals surface area (Å²) in [7, 11) is 0. The van der Waals surface area contributed by atoms with Crippen LogP contribution in [-0.4, -0.2) is 54.3 Å². The maximum Gasteiger partial charge on any atom is 0.228 e. The molecule has 2 amide bonds. The van der Waals surface area contributed by atoms with Crippen LogP contribution >= 0.6 is 0 Å². The largest absolute Gasteiger partial charge is 0.326 e. The number of nitrogens with zero attached hydrogens (tertiary/aromatic N) is 3. The number of carbonyl (C=O) groups is 2. The van der Waals surface area contributed by atoms with E-state index in [4.69, 9.17) is 0 Å². The minimum atomic E-state index is -0.0395. The third-order valence-electron chi connectivity index (χ3n) is 7.04. The highest BCUT2D eigenvalue weighted by atomic mass is 16.2. The molecule has 1 N–H and O–H groups in total. The quantitative estimate of drug-likeness (QED) is 0.520. The smallest absolute Gasteiger partial charge is 0.228 e. The lowest BCUT2D eigenvalue weighted by atomic mass is 10.1. The van der Waals surface area contributed by atoms with Crippen LogP contribution in [0.3, 0.4) is 0 Å². The molecule has 2 heterocycles. The summed E-state index contributed by atoms with van der Waals surface area (Å²) in [6, 6.07) is 26.6. The minimum Gasteiger partial charge on any atom is -0.326 e. The van der Waals surface area contributed by atoms with Gasteiger partial charge in [0.2, 0.25) is 11.8 Å². The van der Waals surface area contributed by atoms with E-state index < -0.39 is 0 Å². The van der Waals surface area contributed by atoms with Gasteiger partial charge in [0.25, 0.3) is 0 Å². The molecule has 0 aromatic heterocycles. The van der Waals surface area contributed by atoms with E-state index in [1.807, 2.05) is 41.3 Å². The molecular weight excluding hydrogens is 448 g/mol. The number of nitrogens with one attached hydrogen (secondary N) is 1. The molecule has 0 radical (unpaired) electrons. The molecule has 2 aliphatic heterocycles. The van der Waals surface area contributed by atoms with Crippen molar-refractivity contribution in [3.63, 3.8) is 0 Å². The molecule has 186 valence electrons. The molecule has 0 unspecified atom stereocenters. The SMILES string of the molecule is O=C(Cc1ccc(N2CCCC2=O)cc1)Nc1ccc(CN2CCN(Cc3ccccc3)CC2)cc1. The van der Waals surface area contributed by atoms with E-state index in [0.29, 0.717) is 12.8 Å². The topological polar surface area (TPSA) is 55.9 Å². The Kier molecular flexibility index (Phi) is 7.74. The second kappa shape index (κ2) is 11.5. The number of anilines is 2. The van der Waals surface area contributed by atoms with E-state index >= 15 is 0 Å². The number of hydrogen-bond donors (Lipinski definition) is 1. The van der Waals surface area contributed by atoms with Gasteiger partial charge in [0.15, 0.2) is 0 Å². The van der Waals surface area contributed by atoms with Crippen LogP contribution in [0.1, 0.15) is 29.5 Å². The first-order valence-electron chi connectivity index (χ1n) is 12.9. The summed E-state index contributed by atoms with van der Waals surface area (Å²) < 4.78 is 0. The fourth-order valence-corrected chi connectivity index (χ4v) is 5.00. The highest BCUT2D eigenvalue weighted by molar-refractivity contribution is 5.95. The van der Waals surface area contributed by atoms with Gasteiger partial charge >= 0.3 is 0 Å². The van der Waals surface area contributed by atoms with Crippen molar-refractivity contribution in [2.24, 2.45) is 0 Å². The number of rotatable bonds is 8. The van der Waals surface area contributed by atoms with E-state index in [9.17, 15) is 9.59 Å². The average molecular weight is 483 g/mol. The summed E-state index contributed by atoms with van der Waals surface area (Å²) >= 11 is 0. The highest BCUT2D eigenvalue weighted by Crippen LogP contribution is 2.22. The van der Waals surface area contributed by atoms with Crippen LogP contribution in [-0.2, 0) is 29.1 Å². The van der Waals surface area contributed by atoms with Gasteiger partial charge in [-0.25, -0.2) is 0 Å². The van der Waals surface area contributed by atoms with Gasteiger partial charge in [-0.3, -0.25) is 19.4 Å². The summed E-state index contributed by atoms with van der Waals surface area (Å²) in [6.45, 7) is 7.02. The first-order chi connectivity index (χ1) is 17.6. The van der Waals surface area contributed by atoms with Crippen molar-refractivity contribution in [1.29, 1.82) is 0 Å². The molecule has 2 saturated heterocycles. The number of piperazine rings is 1. The van der Waals surface area contributed by atoms with Crippen molar-refractivity contribution in [1.82, 2.24) is 9.80 Å². The summed E-state index contributed by atoms with van der Waals surface area (Å²) in [5.41, 5.74) is 5.30. The van der Waals surface area contributed by atoms with Crippen LogP contribution in [0.5, 0.6) is 0 Å². The standard InChI is InChI=1S/C30H34N4O2/c35-29(21-24-10-14-28(15-11-24)34-16-4-7-30(34)36)31-27-12-8-26(9-13-27)23-33-19-17-32(18-20-33)22-25-5-2-1-3-6-25/h1-3,5-6,8-15H,4,7,16-23H2,(H,31,35). The monoisotopic (exact) mass is 482 g/mol. The zero-order valence-corrected chi connectivity index (χ0v) is 20.7. The van der Waals surface area contributed by atoms with E-state index in [1.165, 1.54) is 11.1 Å². The van der Waals surface area contributed by atoms with Crippen LogP contribution in [0.2, 0.25) is 0 Å². The Hall–Kier alpha value is -3.48. The summed E-state index contributed by atoms with van der Waals surface area (Å²) in [5, 5.41) is 3.00.